The molecular formula is C25H24ClFO5. The lowest BCUT2D eigenvalue weighted by Gasteiger charge is -2.40. The third-order valence-corrected chi connectivity index (χ3v) is 6.19. The lowest BCUT2D eigenvalue weighted by Crippen LogP contribution is -2.55. The summed E-state index contributed by atoms with van der Waals surface area (Å²) in [5.74, 6) is -0.278. The van der Waals surface area contributed by atoms with E-state index in [1.807, 2.05) is 24.3 Å². The summed E-state index contributed by atoms with van der Waals surface area (Å²) in [6.07, 6.45) is -5.56. The number of ether oxygens (including phenoxy) is 1. The van der Waals surface area contributed by atoms with Gasteiger partial charge in [0.25, 0.3) is 0 Å². The van der Waals surface area contributed by atoms with Gasteiger partial charge in [-0.25, -0.2) is 4.39 Å². The minimum atomic E-state index is -1.44. The Morgan fingerprint density at radius 3 is 2.06 bits per heavy atom. The van der Waals surface area contributed by atoms with Crippen molar-refractivity contribution >= 4 is 11.6 Å². The minimum Gasteiger partial charge on any atom is -0.394 e. The molecule has 168 valence electrons. The molecule has 0 aliphatic carbocycles. The number of halogens is 2. The monoisotopic (exact) mass is 458 g/mol. The number of hydrogen-bond acceptors (Lipinski definition) is 5. The van der Waals surface area contributed by atoms with Crippen LogP contribution < -0.4 is 0 Å². The van der Waals surface area contributed by atoms with Crippen LogP contribution in [0.1, 0.15) is 22.8 Å². The van der Waals surface area contributed by atoms with Crippen LogP contribution in [-0.2, 0) is 11.2 Å². The fourth-order valence-corrected chi connectivity index (χ4v) is 4.15. The molecule has 4 N–H and O–H groups in total. The van der Waals surface area contributed by atoms with E-state index >= 15 is 0 Å². The van der Waals surface area contributed by atoms with Crippen molar-refractivity contribution in [2.45, 2.75) is 36.9 Å². The maximum Gasteiger partial charge on any atom is 0.123 e. The molecule has 0 aromatic heterocycles. The molecule has 3 aromatic carbocycles. The van der Waals surface area contributed by atoms with Crippen LogP contribution in [0.3, 0.4) is 0 Å². The topological polar surface area (TPSA) is 90.2 Å². The standard InChI is InChI=1S/C25H24ClFO5/c26-20-10-7-17(25-24(31)23(30)22(29)21(13-28)32-25)12-18(20)11-14-1-3-15(4-2-14)16-5-8-19(27)9-6-16/h1-10,12,21-25,28-31H,11,13H2. The Hall–Kier alpha value is -2.32. The molecule has 0 radical (unpaired) electrons. The fraction of sp³-hybridized carbons (Fsp3) is 0.280. The smallest absolute Gasteiger partial charge is 0.123 e. The maximum absolute atomic E-state index is 13.1. The summed E-state index contributed by atoms with van der Waals surface area (Å²) >= 11 is 6.40. The molecule has 32 heavy (non-hydrogen) atoms. The quantitative estimate of drug-likeness (QED) is 0.471. The van der Waals surface area contributed by atoms with Gasteiger partial charge in [-0.15, -0.1) is 0 Å². The minimum absolute atomic E-state index is 0.278. The summed E-state index contributed by atoms with van der Waals surface area (Å²) in [6, 6.07) is 19.3. The number of rotatable bonds is 5. The molecule has 0 amide bonds. The van der Waals surface area contributed by atoms with Gasteiger partial charge in [-0.2, -0.15) is 0 Å². The SMILES string of the molecule is OCC1OC(c2ccc(Cl)c(Cc3ccc(-c4ccc(F)cc4)cc3)c2)C(O)C(O)C1O. The highest BCUT2D eigenvalue weighted by atomic mass is 35.5. The van der Waals surface area contributed by atoms with Gasteiger partial charge in [-0.1, -0.05) is 60.1 Å². The van der Waals surface area contributed by atoms with E-state index in [-0.39, 0.29) is 5.82 Å². The first-order chi connectivity index (χ1) is 15.4. The highest BCUT2D eigenvalue weighted by Crippen LogP contribution is 2.34. The average Bonchev–Trinajstić information content (AvgIpc) is 2.80. The van der Waals surface area contributed by atoms with Crippen LogP contribution in [0, 0.1) is 5.82 Å². The number of benzene rings is 3. The Labute approximate surface area is 190 Å². The van der Waals surface area contributed by atoms with E-state index in [4.69, 9.17) is 16.3 Å². The van der Waals surface area contributed by atoms with Gasteiger partial charge >= 0.3 is 0 Å². The van der Waals surface area contributed by atoms with Crippen molar-refractivity contribution in [1.29, 1.82) is 0 Å². The van der Waals surface area contributed by atoms with Crippen LogP contribution >= 0.6 is 11.6 Å². The van der Waals surface area contributed by atoms with Gasteiger partial charge in [-0.05, 0) is 52.4 Å². The number of aliphatic hydroxyl groups excluding tert-OH is 4. The molecule has 0 spiro atoms. The number of aliphatic hydroxyl groups is 4. The zero-order chi connectivity index (χ0) is 22.8. The zero-order valence-electron chi connectivity index (χ0n) is 17.1. The van der Waals surface area contributed by atoms with Gasteiger partial charge in [-0.3, -0.25) is 0 Å². The molecule has 3 aromatic rings. The second-order valence-electron chi connectivity index (χ2n) is 7.98. The predicted octanol–water partition coefficient (Wildman–Crippen LogP) is 3.25. The van der Waals surface area contributed by atoms with E-state index in [0.29, 0.717) is 17.0 Å². The predicted molar refractivity (Wildman–Crippen MR) is 119 cm³/mol. The molecular weight excluding hydrogens is 435 g/mol. The summed E-state index contributed by atoms with van der Waals surface area (Å²) in [6.45, 7) is -0.484. The second kappa shape index (κ2) is 9.67. The molecule has 1 aliphatic heterocycles. The van der Waals surface area contributed by atoms with Crippen LogP contribution in [-0.4, -0.2) is 51.4 Å². The van der Waals surface area contributed by atoms with Gasteiger partial charge in [0, 0.05) is 5.02 Å². The van der Waals surface area contributed by atoms with Crippen LogP contribution in [0.25, 0.3) is 11.1 Å². The van der Waals surface area contributed by atoms with Crippen molar-refractivity contribution in [2.75, 3.05) is 6.61 Å². The first-order valence-electron chi connectivity index (χ1n) is 10.3. The van der Waals surface area contributed by atoms with E-state index < -0.39 is 37.1 Å². The van der Waals surface area contributed by atoms with Crippen molar-refractivity contribution < 1.29 is 29.6 Å². The molecule has 1 heterocycles. The van der Waals surface area contributed by atoms with Gasteiger partial charge in [0.1, 0.15) is 36.3 Å². The fourth-order valence-electron chi connectivity index (χ4n) is 3.96. The van der Waals surface area contributed by atoms with Crippen molar-refractivity contribution in [3.8, 4) is 11.1 Å². The molecule has 1 fully saturated rings. The third-order valence-electron chi connectivity index (χ3n) is 5.82. The van der Waals surface area contributed by atoms with Crippen LogP contribution in [0.15, 0.2) is 66.7 Å². The van der Waals surface area contributed by atoms with Gasteiger partial charge in [0.05, 0.1) is 6.61 Å². The highest BCUT2D eigenvalue weighted by Gasteiger charge is 2.44. The lowest BCUT2D eigenvalue weighted by atomic mass is 9.90. The Kier molecular flexibility index (Phi) is 6.90. The molecule has 7 heteroatoms. The summed E-state index contributed by atoms with van der Waals surface area (Å²) in [5.41, 5.74) is 4.28. The van der Waals surface area contributed by atoms with Crippen molar-refractivity contribution in [3.63, 3.8) is 0 Å². The summed E-state index contributed by atoms with van der Waals surface area (Å²) in [7, 11) is 0. The molecule has 1 aliphatic rings. The zero-order valence-corrected chi connectivity index (χ0v) is 17.9. The lowest BCUT2D eigenvalue weighted by molar-refractivity contribution is -0.231. The molecule has 5 unspecified atom stereocenters. The van der Waals surface area contributed by atoms with Gasteiger partial charge in [0.2, 0.25) is 0 Å². The van der Waals surface area contributed by atoms with E-state index in [2.05, 4.69) is 0 Å². The van der Waals surface area contributed by atoms with Crippen molar-refractivity contribution in [3.05, 3.63) is 94.3 Å². The van der Waals surface area contributed by atoms with E-state index in [1.54, 1.807) is 30.3 Å². The van der Waals surface area contributed by atoms with Crippen LogP contribution in [0.2, 0.25) is 5.02 Å². The van der Waals surface area contributed by atoms with Crippen LogP contribution in [0.5, 0.6) is 0 Å². The Bertz CT molecular complexity index is 1050. The summed E-state index contributed by atoms with van der Waals surface area (Å²) in [5, 5.41) is 40.5. The Morgan fingerprint density at radius 1 is 0.812 bits per heavy atom. The largest absolute Gasteiger partial charge is 0.394 e. The molecule has 4 rings (SSSR count). The first-order valence-corrected chi connectivity index (χ1v) is 10.7. The summed E-state index contributed by atoms with van der Waals surface area (Å²) < 4.78 is 18.8. The second-order valence-corrected chi connectivity index (χ2v) is 8.39. The average molecular weight is 459 g/mol. The van der Waals surface area contributed by atoms with Crippen LogP contribution in [0.4, 0.5) is 4.39 Å². The third kappa shape index (κ3) is 4.71. The van der Waals surface area contributed by atoms with E-state index in [0.717, 1.165) is 22.3 Å². The maximum atomic E-state index is 13.1. The molecule has 1 saturated heterocycles. The van der Waals surface area contributed by atoms with Crippen molar-refractivity contribution in [1.82, 2.24) is 0 Å². The molecule has 5 nitrogen and oxygen atoms in total. The van der Waals surface area contributed by atoms with E-state index in [1.165, 1.54) is 12.1 Å². The Morgan fingerprint density at radius 2 is 1.44 bits per heavy atom. The molecule has 0 saturated carbocycles. The van der Waals surface area contributed by atoms with Crippen molar-refractivity contribution in [2.24, 2.45) is 0 Å². The van der Waals surface area contributed by atoms with Gasteiger partial charge < -0.3 is 25.2 Å². The highest BCUT2D eigenvalue weighted by molar-refractivity contribution is 6.31. The molecule has 5 atom stereocenters. The molecule has 0 bridgehead atoms. The van der Waals surface area contributed by atoms with E-state index in [9.17, 15) is 24.8 Å². The normalized spacial score (nSPS) is 25.6. The first kappa shape index (κ1) is 22.9. The van der Waals surface area contributed by atoms with Gasteiger partial charge in [0.15, 0.2) is 0 Å². The number of hydrogen-bond donors (Lipinski definition) is 4. The summed E-state index contributed by atoms with van der Waals surface area (Å²) in [4.78, 5) is 0. The Balaban J connectivity index is 1.55.